The topological polar surface area (TPSA) is 24.0 Å². The van der Waals surface area contributed by atoms with Crippen molar-refractivity contribution in [2.75, 3.05) is 14.1 Å². The van der Waals surface area contributed by atoms with Crippen LogP contribution >= 0.6 is 12.2 Å². The van der Waals surface area contributed by atoms with E-state index in [2.05, 4.69) is 46.7 Å². The van der Waals surface area contributed by atoms with Gasteiger partial charge in [-0.3, -0.25) is 0 Å². The lowest BCUT2D eigenvalue weighted by atomic mass is 10.00. The van der Waals surface area contributed by atoms with Crippen LogP contribution in [-0.4, -0.2) is 34.6 Å². The van der Waals surface area contributed by atoms with E-state index in [0.717, 1.165) is 17.7 Å². The summed E-state index contributed by atoms with van der Waals surface area (Å²) in [7, 11) is 4.26. The van der Waals surface area contributed by atoms with Gasteiger partial charge in [-0.2, -0.15) is 0 Å². The van der Waals surface area contributed by atoms with Crippen molar-refractivity contribution in [2.45, 2.75) is 19.0 Å². The first-order valence-corrected chi connectivity index (χ1v) is 5.94. The predicted molar refractivity (Wildman–Crippen MR) is 68.3 cm³/mol. The van der Waals surface area contributed by atoms with Gasteiger partial charge in [-0.25, -0.2) is 0 Å². The second-order valence-corrected chi connectivity index (χ2v) is 5.06. The first-order valence-electron chi connectivity index (χ1n) is 5.53. The van der Waals surface area contributed by atoms with Crippen LogP contribution < -0.4 is 0 Å². The normalized spacial score (nSPS) is 19.6. The highest BCUT2D eigenvalue weighted by Gasteiger charge is 2.22. The maximum atomic E-state index is 5.37. The highest BCUT2D eigenvalue weighted by Crippen LogP contribution is 2.26. The molecule has 1 aromatic heterocycles. The highest BCUT2D eigenvalue weighted by atomic mass is 32.1. The molecule has 1 aliphatic heterocycles. The van der Waals surface area contributed by atoms with Crippen LogP contribution in [0.2, 0.25) is 0 Å². The molecule has 3 nitrogen and oxygen atoms in total. The maximum Gasteiger partial charge on any atom is 0.178 e. The molecule has 0 fully saturated rings. The molecule has 1 atom stereocenters. The molecule has 1 unspecified atom stereocenters. The fraction of sp³-hybridized carbons (Fsp3) is 0.417. The Hall–Kier alpha value is -1.13. The minimum Gasteiger partial charge on any atom is -0.331 e. The fourth-order valence-electron chi connectivity index (χ4n) is 2.51. The number of benzene rings is 1. The average Bonchev–Trinajstić information content (AvgIpc) is 2.58. The average molecular weight is 233 g/mol. The zero-order valence-corrected chi connectivity index (χ0v) is 10.3. The number of para-hydroxylation sites is 1. The molecule has 4 heteroatoms. The minimum absolute atomic E-state index is 0.542. The van der Waals surface area contributed by atoms with Crippen LogP contribution in [-0.2, 0) is 13.0 Å². The number of likely N-dealkylation sites (N-methyl/N-ethyl adjacent to an activating group) is 1. The zero-order chi connectivity index (χ0) is 11.3. The highest BCUT2D eigenvalue weighted by molar-refractivity contribution is 7.71. The third-order valence-corrected chi connectivity index (χ3v) is 3.78. The summed E-state index contributed by atoms with van der Waals surface area (Å²) < 4.78 is 3.07. The van der Waals surface area contributed by atoms with Gasteiger partial charge in [0.15, 0.2) is 4.77 Å². The summed E-state index contributed by atoms with van der Waals surface area (Å²) in [4.78, 5) is 5.55. The summed E-state index contributed by atoms with van der Waals surface area (Å²) >= 11 is 5.37. The van der Waals surface area contributed by atoms with Crippen LogP contribution in [0.25, 0.3) is 11.0 Å². The number of hydrogen-bond donors (Lipinski definition) is 1. The minimum atomic E-state index is 0.542. The van der Waals surface area contributed by atoms with E-state index in [0.29, 0.717) is 6.04 Å². The van der Waals surface area contributed by atoms with Gasteiger partial charge in [0.2, 0.25) is 0 Å². The number of imidazole rings is 1. The lowest BCUT2D eigenvalue weighted by Crippen LogP contribution is -2.36. The van der Waals surface area contributed by atoms with Gasteiger partial charge in [0.05, 0.1) is 11.0 Å². The Morgan fingerprint density at radius 1 is 1.44 bits per heavy atom. The molecule has 0 aliphatic carbocycles. The number of rotatable bonds is 1. The van der Waals surface area contributed by atoms with Crippen LogP contribution in [0.3, 0.4) is 0 Å². The predicted octanol–water partition coefficient (Wildman–Crippen LogP) is 2.19. The number of aromatic nitrogens is 2. The molecule has 1 aromatic carbocycles. The zero-order valence-electron chi connectivity index (χ0n) is 9.53. The SMILES string of the molecule is CN(C)C1Cc2cccc3[nH]c(=S)n(c23)C1. The number of H-pyrrole nitrogens is 1. The van der Waals surface area contributed by atoms with Crippen molar-refractivity contribution in [2.24, 2.45) is 0 Å². The Bertz CT molecular complexity index is 594. The lowest BCUT2D eigenvalue weighted by molar-refractivity contribution is 0.257. The smallest absolute Gasteiger partial charge is 0.178 e. The molecule has 0 spiro atoms. The summed E-state index contributed by atoms with van der Waals surface area (Å²) in [5, 5.41) is 0. The third kappa shape index (κ3) is 1.33. The van der Waals surface area contributed by atoms with Crippen LogP contribution in [0.5, 0.6) is 0 Å². The molecular formula is C12H15N3S. The van der Waals surface area contributed by atoms with Gasteiger partial charge in [0.25, 0.3) is 0 Å². The van der Waals surface area contributed by atoms with Crippen molar-refractivity contribution in [1.82, 2.24) is 14.5 Å². The van der Waals surface area contributed by atoms with E-state index in [1.165, 1.54) is 16.6 Å². The van der Waals surface area contributed by atoms with E-state index in [1.807, 2.05) is 0 Å². The Morgan fingerprint density at radius 2 is 2.25 bits per heavy atom. The standard InChI is InChI=1S/C12H15N3S/c1-14(2)9-6-8-4-3-5-10-11(8)15(7-9)12(16)13-10/h3-5,9H,6-7H2,1-2H3,(H,13,16). The fourth-order valence-corrected chi connectivity index (χ4v) is 2.78. The van der Waals surface area contributed by atoms with Gasteiger partial charge in [0.1, 0.15) is 0 Å². The summed E-state index contributed by atoms with van der Waals surface area (Å²) in [5.74, 6) is 0. The van der Waals surface area contributed by atoms with Crippen molar-refractivity contribution in [3.05, 3.63) is 28.5 Å². The summed E-state index contributed by atoms with van der Waals surface area (Å²) in [6.07, 6.45) is 1.11. The molecule has 84 valence electrons. The summed E-state index contributed by atoms with van der Waals surface area (Å²) in [5.41, 5.74) is 3.86. The van der Waals surface area contributed by atoms with Gasteiger partial charge in [-0.15, -0.1) is 0 Å². The second-order valence-electron chi connectivity index (χ2n) is 4.68. The van der Waals surface area contributed by atoms with Crippen LogP contribution in [0.4, 0.5) is 0 Å². The summed E-state index contributed by atoms with van der Waals surface area (Å²) in [6.45, 7) is 0.989. The lowest BCUT2D eigenvalue weighted by Gasteiger charge is -2.29. The first-order chi connectivity index (χ1) is 7.66. The van der Waals surface area contributed by atoms with Gasteiger partial charge in [-0.05, 0) is 44.4 Å². The molecule has 2 aromatic rings. The monoisotopic (exact) mass is 233 g/mol. The van der Waals surface area contributed by atoms with E-state index in [1.54, 1.807) is 0 Å². The molecule has 1 aliphatic rings. The Morgan fingerprint density at radius 3 is 3.00 bits per heavy atom. The van der Waals surface area contributed by atoms with Gasteiger partial charge in [-0.1, -0.05) is 12.1 Å². The molecule has 0 radical (unpaired) electrons. The van der Waals surface area contributed by atoms with Crippen LogP contribution in [0, 0.1) is 4.77 Å². The van der Waals surface area contributed by atoms with E-state index in [-0.39, 0.29) is 0 Å². The van der Waals surface area contributed by atoms with E-state index in [4.69, 9.17) is 12.2 Å². The number of hydrogen-bond acceptors (Lipinski definition) is 2. The van der Waals surface area contributed by atoms with Crippen molar-refractivity contribution < 1.29 is 0 Å². The van der Waals surface area contributed by atoms with Crippen LogP contribution in [0.1, 0.15) is 5.56 Å². The van der Waals surface area contributed by atoms with E-state index >= 15 is 0 Å². The molecule has 0 saturated heterocycles. The van der Waals surface area contributed by atoms with E-state index in [9.17, 15) is 0 Å². The molecule has 2 heterocycles. The van der Waals surface area contributed by atoms with Gasteiger partial charge < -0.3 is 14.5 Å². The molecule has 1 N–H and O–H groups in total. The van der Waals surface area contributed by atoms with Crippen molar-refractivity contribution in [3.63, 3.8) is 0 Å². The van der Waals surface area contributed by atoms with Crippen LogP contribution in [0.15, 0.2) is 18.2 Å². The maximum absolute atomic E-state index is 5.37. The molecule has 0 amide bonds. The Balaban J connectivity index is 2.25. The van der Waals surface area contributed by atoms with Gasteiger partial charge in [0, 0.05) is 12.6 Å². The Labute approximate surface area is 99.7 Å². The van der Waals surface area contributed by atoms with Gasteiger partial charge >= 0.3 is 0 Å². The van der Waals surface area contributed by atoms with Crippen molar-refractivity contribution >= 4 is 23.3 Å². The number of nitrogens with one attached hydrogen (secondary N) is 1. The largest absolute Gasteiger partial charge is 0.331 e. The molecule has 0 saturated carbocycles. The number of aromatic amines is 1. The second kappa shape index (κ2) is 3.43. The Kier molecular flexibility index (Phi) is 2.16. The van der Waals surface area contributed by atoms with Crippen molar-refractivity contribution in [1.29, 1.82) is 0 Å². The quantitative estimate of drug-likeness (QED) is 0.763. The molecule has 0 bridgehead atoms. The van der Waals surface area contributed by atoms with E-state index < -0.39 is 0 Å². The first kappa shape index (κ1) is 10.1. The molecular weight excluding hydrogens is 218 g/mol. The molecule has 16 heavy (non-hydrogen) atoms. The molecule has 3 rings (SSSR count). The number of nitrogens with zero attached hydrogens (tertiary/aromatic N) is 2. The van der Waals surface area contributed by atoms with Crippen molar-refractivity contribution in [3.8, 4) is 0 Å². The third-order valence-electron chi connectivity index (χ3n) is 3.46. The summed E-state index contributed by atoms with van der Waals surface area (Å²) in [6, 6.07) is 6.95.